The first-order chi connectivity index (χ1) is 9.67. The molecule has 0 heterocycles. The van der Waals surface area contributed by atoms with Crippen LogP contribution >= 0.6 is 0 Å². The monoisotopic (exact) mass is 292 g/mol. The highest BCUT2D eigenvalue weighted by Crippen LogP contribution is 2.07. The van der Waals surface area contributed by atoms with Gasteiger partial charge in [-0.2, -0.15) is 9.68 Å². The van der Waals surface area contributed by atoms with E-state index in [0.717, 1.165) is 25.7 Å². The molecule has 0 bridgehead atoms. The predicted octanol–water partition coefficient (Wildman–Crippen LogP) is 3.73. The Morgan fingerprint density at radius 3 is 1.50 bits per heavy atom. The molecule has 120 valence electrons. The number of hydrogen-bond acceptors (Lipinski definition) is 5. The number of hydrogen-bond donors (Lipinski definition) is 0. The summed E-state index contributed by atoms with van der Waals surface area (Å²) >= 11 is 0. The average Bonchev–Trinajstić information content (AvgIpc) is 2.45. The molecule has 0 aliphatic heterocycles. The first kappa shape index (κ1) is 19.1. The number of rotatable bonds is 14. The maximum absolute atomic E-state index is 11.6. The number of ether oxygens (including phenoxy) is 2. The lowest BCUT2D eigenvalue weighted by atomic mass is 10.4. The lowest BCUT2D eigenvalue weighted by Crippen LogP contribution is -2.28. The second-order valence-corrected chi connectivity index (χ2v) is 4.56. The van der Waals surface area contributed by atoms with E-state index in [2.05, 4.69) is 13.8 Å². The smallest absolute Gasteiger partial charge is 0.337 e. The van der Waals surface area contributed by atoms with Crippen LogP contribution in [-0.4, -0.2) is 30.9 Å². The first-order valence-electron chi connectivity index (χ1n) is 7.71. The summed E-state index contributed by atoms with van der Waals surface area (Å²) in [6, 6.07) is 0. The van der Waals surface area contributed by atoms with Crippen molar-refractivity contribution < 1.29 is 24.2 Å². The molecule has 0 rings (SSSR count). The molecule has 2 unspecified atom stereocenters. The summed E-state index contributed by atoms with van der Waals surface area (Å²) in [5.74, 6) is 0. The van der Waals surface area contributed by atoms with E-state index < -0.39 is 12.6 Å². The first-order valence-corrected chi connectivity index (χ1v) is 7.71. The highest BCUT2D eigenvalue weighted by atomic mass is 17.1. The standard InChI is InChI=1S/C14H30NO5/c1-5-9-11-17-13(7-3)19-15(16)20-14(8-4)18-12-10-6-2/h13-14H,5-12H2,1-4H3/q+1. The third kappa shape index (κ3) is 9.97. The average molecular weight is 292 g/mol. The Morgan fingerprint density at radius 2 is 1.20 bits per heavy atom. The molecule has 6 heteroatoms. The van der Waals surface area contributed by atoms with E-state index in [1.165, 1.54) is 0 Å². The van der Waals surface area contributed by atoms with Gasteiger partial charge in [0.05, 0.1) is 13.2 Å². The summed E-state index contributed by atoms with van der Waals surface area (Å²) in [6.07, 6.45) is 3.97. The molecule has 0 radical (unpaired) electrons. The molecule has 20 heavy (non-hydrogen) atoms. The number of unbranched alkanes of at least 4 members (excludes halogenated alkanes) is 2. The Labute approximate surface area is 122 Å². The molecule has 0 aromatic rings. The van der Waals surface area contributed by atoms with Gasteiger partial charge in [0.1, 0.15) is 4.91 Å². The molecule has 0 amide bonds. The van der Waals surface area contributed by atoms with E-state index in [1.807, 2.05) is 13.8 Å². The highest BCUT2D eigenvalue weighted by Gasteiger charge is 2.26. The zero-order valence-electron chi connectivity index (χ0n) is 13.3. The van der Waals surface area contributed by atoms with Gasteiger partial charge >= 0.3 is 5.09 Å². The lowest BCUT2D eigenvalue weighted by molar-refractivity contribution is -1.00. The van der Waals surface area contributed by atoms with Gasteiger partial charge < -0.3 is 9.47 Å². The minimum Gasteiger partial charge on any atom is -0.337 e. The zero-order valence-corrected chi connectivity index (χ0v) is 13.3. The van der Waals surface area contributed by atoms with Crippen LogP contribution in [0.4, 0.5) is 0 Å². The Bertz CT molecular complexity index is 216. The summed E-state index contributed by atoms with van der Waals surface area (Å²) in [4.78, 5) is 21.6. The van der Waals surface area contributed by atoms with Crippen LogP contribution in [0.3, 0.4) is 0 Å². The van der Waals surface area contributed by atoms with Crippen molar-refractivity contribution in [2.24, 2.45) is 0 Å². The molecule has 0 saturated heterocycles. The van der Waals surface area contributed by atoms with Crippen molar-refractivity contribution >= 4 is 0 Å². The lowest BCUT2D eigenvalue weighted by Gasteiger charge is -2.12. The van der Waals surface area contributed by atoms with Gasteiger partial charge in [-0.15, -0.1) is 0 Å². The Balaban J connectivity index is 3.96. The molecule has 0 aliphatic carbocycles. The molecule has 0 N–H and O–H groups in total. The van der Waals surface area contributed by atoms with Crippen molar-refractivity contribution in [3.63, 3.8) is 0 Å². The SMILES string of the molecule is CCCCOC(CC)O[N+](=O)OC(CC)OCCCC. The Hall–Kier alpha value is -0.880. The fourth-order valence-corrected chi connectivity index (χ4v) is 1.38. The second-order valence-electron chi connectivity index (χ2n) is 4.56. The molecule has 0 fully saturated rings. The van der Waals surface area contributed by atoms with Gasteiger partial charge in [0.25, 0.3) is 12.6 Å². The fraction of sp³-hybridized carbons (Fsp3) is 1.00. The van der Waals surface area contributed by atoms with Gasteiger partial charge in [0, 0.05) is 12.8 Å². The minimum atomic E-state index is -0.577. The quantitative estimate of drug-likeness (QED) is 0.277. The minimum absolute atomic E-state index is 0.111. The summed E-state index contributed by atoms with van der Waals surface area (Å²) in [5, 5.41) is 0.111. The molecular formula is C14H30NO5+. The van der Waals surface area contributed by atoms with Crippen molar-refractivity contribution in [3.8, 4) is 0 Å². The van der Waals surface area contributed by atoms with E-state index in [9.17, 15) is 4.91 Å². The van der Waals surface area contributed by atoms with Gasteiger partial charge in [-0.05, 0) is 12.8 Å². The molecule has 0 aromatic carbocycles. The Kier molecular flexibility index (Phi) is 12.5. The van der Waals surface area contributed by atoms with E-state index in [-0.39, 0.29) is 5.09 Å². The van der Waals surface area contributed by atoms with Gasteiger partial charge in [0.15, 0.2) is 0 Å². The molecule has 6 nitrogen and oxygen atoms in total. The van der Waals surface area contributed by atoms with Crippen LogP contribution in [0.1, 0.15) is 66.2 Å². The largest absolute Gasteiger partial charge is 0.482 e. The van der Waals surface area contributed by atoms with Gasteiger partial charge in [-0.25, -0.2) is 0 Å². The van der Waals surface area contributed by atoms with Crippen molar-refractivity contribution in [1.82, 2.24) is 0 Å². The molecule has 0 aromatic heterocycles. The summed E-state index contributed by atoms with van der Waals surface area (Å²) in [7, 11) is 0. The van der Waals surface area contributed by atoms with E-state index in [4.69, 9.17) is 19.1 Å². The molecule has 2 atom stereocenters. The third-order valence-corrected chi connectivity index (χ3v) is 2.68. The molecule has 0 saturated carbocycles. The van der Waals surface area contributed by atoms with Gasteiger partial charge in [0.2, 0.25) is 0 Å². The van der Waals surface area contributed by atoms with Crippen molar-refractivity contribution in [3.05, 3.63) is 4.91 Å². The normalized spacial score (nSPS) is 13.8. The summed E-state index contributed by atoms with van der Waals surface area (Å²) in [6.45, 7) is 9.08. The van der Waals surface area contributed by atoms with Crippen LogP contribution < -0.4 is 0 Å². The van der Waals surface area contributed by atoms with E-state index >= 15 is 0 Å². The molecule has 0 spiro atoms. The topological polar surface area (TPSA) is 57.0 Å². The van der Waals surface area contributed by atoms with Crippen LogP contribution in [-0.2, 0) is 19.1 Å². The van der Waals surface area contributed by atoms with Crippen molar-refractivity contribution in [2.45, 2.75) is 78.8 Å². The maximum Gasteiger partial charge on any atom is 0.482 e. The fourth-order valence-electron chi connectivity index (χ4n) is 1.38. The highest BCUT2D eigenvalue weighted by molar-refractivity contribution is 4.39. The van der Waals surface area contributed by atoms with Crippen molar-refractivity contribution in [1.29, 1.82) is 0 Å². The second kappa shape index (κ2) is 13.1. The predicted molar refractivity (Wildman–Crippen MR) is 75.7 cm³/mol. The van der Waals surface area contributed by atoms with Crippen molar-refractivity contribution in [2.75, 3.05) is 13.2 Å². The van der Waals surface area contributed by atoms with Gasteiger partial charge in [-0.1, -0.05) is 40.5 Å². The van der Waals surface area contributed by atoms with Crippen LogP contribution in [0.25, 0.3) is 0 Å². The molecular weight excluding hydrogens is 262 g/mol. The third-order valence-electron chi connectivity index (χ3n) is 2.68. The number of nitrogens with zero attached hydrogens (tertiary/aromatic N) is 1. The Morgan fingerprint density at radius 1 is 0.800 bits per heavy atom. The molecule has 0 aliphatic rings. The van der Waals surface area contributed by atoms with E-state index in [0.29, 0.717) is 26.1 Å². The van der Waals surface area contributed by atoms with E-state index in [1.54, 1.807) is 0 Å². The van der Waals surface area contributed by atoms with Crippen LogP contribution in [0, 0.1) is 4.91 Å². The van der Waals surface area contributed by atoms with Crippen LogP contribution in [0.2, 0.25) is 0 Å². The van der Waals surface area contributed by atoms with Gasteiger partial charge in [-0.3, -0.25) is 0 Å². The maximum atomic E-state index is 11.6. The summed E-state index contributed by atoms with van der Waals surface area (Å²) < 4.78 is 10.9. The summed E-state index contributed by atoms with van der Waals surface area (Å²) in [5.41, 5.74) is 0. The van der Waals surface area contributed by atoms with Crippen LogP contribution in [0.15, 0.2) is 0 Å². The van der Waals surface area contributed by atoms with Crippen LogP contribution in [0.5, 0.6) is 0 Å². The zero-order chi connectivity index (χ0) is 15.2.